The highest BCUT2D eigenvalue weighted by Crippen LogP contribution is 2.31. The van der Waals surface area contributed by atoms with Crippen molar-refractivity contribution in [3.63, 3.8) is 0 Å². The van der Waals surface area contributed by atoms with Crippen molar-refractivity contribution in [2.24, 2.45) is 0 Å². The quantitative estimate of drug-likeness (QED) is 0.889. The Morgan fingerprint density at radius 1 is 1.50 bits per heavy atom. The molecule has 2 aromatic heterocycles. The first kappa shape index (κ1) is 11.1. The van der Waals surface area contributed by atoms with Crippen LogP contribution in [0.2, 0.25) is 0 Å². The van der Waals surface area contributed by atoms with Crippen LogP contribution >= 0.6 is 11.3 Å². The topological polar surface area (TPSA) is 74.2 Å². The SMILES string of the molecule is COC(C)(C)c1noc(-c2ccsc2N)n1. The fraction of sp³-hybridized carbons (Fsp3) is 0.400. The molecular weight excluding hydrogens is 226 g/mol. The van der Waals surface area contributed by atoms with E-state index < -0.39 is 5.60 Å². The molecule has 0 unspecified atom stereocenters. The molecule has 0 aliphatic carbocycles. The van der Waals surface area contributed by atoms with Gasteiger partial charge in [-0.3, -0.25) is 0 Å². The molecule has 0 aromatic carbocycles. The summed E-state index contributed by atoms with van der Waals surface area (Å²) in [5, 5.41) is 6.45. The second-order valence-electron chi connectivity index (χ2n) is 3.84. The minimum Gasteiger partial charge on any atom is -0.390 e. The maximum Gasteiger partial charge on any atom is 0.261 e. The highest BCUT2D eigenvalue weighted by molar-refractivity contribution is 7.14. The number of rotatable bonds is 3. The van der Waals surface area contributed by atoms with Gasteiger partial charge in [0.25, 0.3) is 5.89 Å². The van der Waals surface area contributed by atoms with E-state index in [-0.39, 0.29) is 0 Å². The molecule has 0 aliphatic heterocycles. The van der Waals surface area contributed by atoms with E-state index in [9.17, 15) is 0 Å². The van der Waals surface area contributed by atoms with Crippen molar-refractivity contribution in [2.75, 3.05) is 12.8 Å². The van der Waals surface area contributed by atoms with Crippen LogP contribution in [-0.2, 0) is 10.3 Å². The lowest BCUT2D eigenvalue weighted by Crippen LogP contribution is -2.21. The van der Waals surface area contributed by atoms with Crippen molar-refractivity contribution < 1.29 is 9.26 Å². The van der Waals surface area contributed by atoms with Crippen molar-refractivity contribution in [1.82, 2.24) is 10.1 Å². The van der Waals surface area contributed by atoms with Crippen LogP contribution in [0.15, 0.2) is 16.0 Å². The Hall–Kier alpha value is -1.40. The Bertz CT molecular complexity index is 490. The molecule has 5 nitrogen and oxygen atoms in total. The maximum absolute atomic E-state index is 5.78. The van der Waals surface area contributed by atoms with Gasteiger partial charge in [-0.15, -0.1) is 11.3 Å². The Labute approximate surface area is 97.2 Å². The third-order valence-electron chi connectivity index (χ3n) is 2.40. The number of anilines is 1. The summed E-state index contributed by atoms with van der Waals surface area (Å²) in [7, 11) is 1.61. The van der Waals surface area contributed by atoms with Gasteiger partial charge in [0.2, 0.25) is 5.82 Å². The first-order valence-corrected chi connectivity index (χ1v) is 5.65. The number of hydrogen-bond acceptors (Lipinski definition) is 6. The fourth-order valence-corrected chi connectivity index (χ4v) is 1.80. The Morgan fingerprint density at radius 2 is 2.25 bits per heavy atom. The molecule has 0 radical (unpaired) electrons. The molecule has 2 aromatic rings. The summed E-state index contributed by atoms with van der Waals surface area (Å²) < 4.78 is 10.4. The molecule has 0 saturated carbocycles. The summed E-state index contributed by atoms with van der Waals surface area (Å²) in [6.45, 7) is 3.75. The number of aromatic nitrogens is 2. The van der Waals surface area contributed by atoms with Crippen LogP contribution in [0.5, 0.6) is 0 Å². The van der Waals surface area contributed by atoms with Gasteiger partial charge in [-0.2, -0.15) is 4.98 Å². The smallest absolute Gasteiger partial charge is 0.261 e. The summed E-state index contributed by atoms with van der Waals surface area (Å²) in [4.78, 5) is 4.28. The van der Waals surface area contributed by atoms with Crippen LogP contribution in [0.1, 0.15) is 19.7 Å². The zero-order valence-corrected chi connectivity index (χ0v) is 10.2. The van der Waals surface area contributed by atoms with Crippen molar-refractivity contribution >= 4 is 16.3 Å². The molecule has 0 aliphatic rings. The average Bonchev–Trinajstić information content (AvgIpc) is 2.85. The van der Waals surface area contributed by atoms with E-state index in [1.54, 1.807) is 7.11 Å². The fourth-order valence-electron chi connectivity index (χ4n) is 1.17. The molecule has 16 heavy (non-hydrogen) atoms. The second kappa shape index (κ2) is 3.88. The predicted molar refractivity (Wildman–Crippen MR) is 62.1 cm³/mol. The highest BCUT2D eigenvalue weighted by Gasteiger charge is 2.27. The van der Waals surface area contributed by atoms with E-state index in [2.05, 4.69) is 10.1 Å². The molecule has 0 bridgehead atoms. The van der Waals surface area contributed by atoms with Crippen molar-refractivity contribution in [2.45, 2.75) is 19.4 Å². The van der Waals surface area contributed by atoms with Crippen molar-refractivity contribution in [1.29, 1.82) is 0 Å². The molecule has 6 heteroatoms. The summed E-state index contributed by atoms with van der Waals surface area (Å²) >= 11 is 1.44. The van der Waals surface area contributed by atoms with Crippen LogP contribution in [0.3, 0.4) is 0 Å². The highest BCUT2D eigenvalue weighted by atomic mass is 32.1. The standard InChI is InChI=1S/C10H13N3O2S/c1-10(2,14-3)9-12-8(15-13-9)6-4-5-16-7(6)11/h4-5H,11H2,1-3H3. The Morgan fingerprint density at radius 3 is 2.81 bits per heavy atom. The molecule has 2 N–H and O–H groups in total. The van der Waals surface area contributed by atoms with E-state index in [1.165, 1.54) is 11.3 Å². The zero-order chi connectivity index (χ0) is 11.8. The Balaban J connectivity index is 2.37. The molecule has 86 valence electrons. The lowest BCUT2D eigenvalue weighted by atomic mass is 10.1. The maximum atomic E-state index is 5.78. The van der Waals surface area contributed by atoms with Crippen LogP contribution in [-0.4, -0.2) is 17.3 Å². The summed E-state index contributed by atoms with van der Waals surface area (Å²) in [5.74, 6) is 0.939. The van der Waals surface area contributed by atoms with Crippen molar-refractivity contribution in [3.8, 4) is 11.5 Å². The Kier molecular flexibility index (Phi) is 2.69. The molecule has 0 fully saturated rings. The van der Waals surface area contributed by atoms with Gasteiger partial charge in [-0.25, -0.2) is 0 Å². The number of nitrogen functional groups attached to an aromatic ring is 1. The van der Waals surface area contributed by atoms with Gasteiger partial charge in [0.15, 0.2) is 0 Å². The van der Waals surface area contributed by atoms with E-state index in [0.717, 1.165) is 5.56 Å². The summed E-state index contributed by atoms with van der Waals surface area (Å²) in [6.07, 6.45) is 0. The number of nitrogens with zero attached hydrogens (tertiary/aromatic N) is 2. The molecule has 0 amide bonds. The van der Waals surface area contributed by atoms with Gasteiger partial charge in [-0.05, 0) is 25.3 Å². The monoisotopic (exact) mass is 239 g/mol. The third kappa shape index (κ3) is 1.81. The first-order chi connectivity index (χ1) is 7.54. The lowest BCUT2D eigenvalue weighted by Gasteiger charge is -2.17. The van der Waals surface area contributed by atoms with Gasteiger partial charge in [0.05, 0.1) is 10.6 Å². The van der Waals surface area contributed by atoms with Crippen LogP contribution in [0.4, 0.5) is 5.00 Å². The number of nitrogens with two attached hydrogens (primary N) is 1. The number of methoxy groups -OCH3 is 1. The van der Waals surface area contributed by atoms with Gasteiger partial charge < -0.3 is 15.0 Å². The minimum atomic E-state index is -0.563. The largest absolute Gasteiger partial charge is 0.390 e. The minimum absolute atomic E-state index is 0.430. The van der Waals surface area contributed by atoms with Gasteiger partial charge in [0.1, 0.15) is 5.60 Å². The number of hydrogen-bond donors (Lipinski definition) is 1. The predicted octanol–water partition coefficient (Wildman–Crippen LogP) is 2.26. The van der Waals surface area contributed by atoms with Gasteiger partial charge in [-0.1, -0.05) is 5.16 Å². The second-order valence-corrected chi connectivity index (χ2v) is 4.78. The van der Waals surface area contributed by atoms with E-state index in [4.69, 9.17) is 15.0 Å². The molecule has 2 rings (SSSR count). The third-order valence-corrected chi connectivity index (χ3v) is 3.15. The van der Waals surface area contributed by atoms with E-state index >= 15 is 0 Å². The van der Waals surface area contributed by atoms with Crippen LogP contribution in [0.25, 0.3) is 11.5 Å². The van der Waals surface area contributed by atoms with E-state index in [0.29, 0.717) is 16.7 Å². The molecular formula is C10H13N3O2S. The van der Waals surface area contributed by atoms with Crippen molar-refractivity contribution in [3.05, 3.63) is 17.3 Å². The van der Waals surface area contributed by atoms with Crippen LogP contribution < -0.4 is 5.73 Å². The van der Waals surface area contributed by atoms with Gasteiger partial charge in [0, 0.05) is 7.11 Å². The molecule has 0 spiro atoms. The molecule has 2 heterocycles. The normalized spacial score (nSPS) is 11.9. The summed E-state index contributed by atoms with van der Waals surface area (Å²) in [6, 6.07) is 1.86. The molecule has 0 saturated heterocycles. The van der Waals surface area contributed by atoms with Crippen LogP contribution in [0, 0.1) is 0 Å². The number of ether oxygens (including phenoxy) is 1. The zero-order valence-electron chi connectivity index (χ0n) is 9.35. The number of thiophene rings is 1. The summed E-state index contributed by atoms with van der Waals surface area (Å²) in [5.41, 5.74) is 5.99. The first-order valence-electron chi connectivity index (χ1n) is 4.77. The molecule has 0 atom stereocenters. The van der Waals surface area contributed by atoms with E-state index in [1.807, 2.05) is 25.3 Å². The lowest BCUT2D eigenvalue weighted by molar-refractivity contribution is 0.00973. The van der Waals surface area contributed by atoms with Gasteiger partial charge >= 0.3 is 0 Å². The average molecular weight is 239 g/mol.